The Morgan fingerprint density at radius 1 is 1.14 bits per heavy atom. The number of ether oxygens (including phenoxy) is 1. The van der Waals surface area contributed by atoms with Gasteiger partial charge in [0.15, 0.2) is 5.72 Å². The van der Waals surface area contributed by atoms with Crippen LogP contribution in [0.1, 0.15) is 12.5 Å². The third-order valence-electron chi connectivity index (χ3n) is 3.72. The quantitative estimate of drug-likeness (QED) is 0.653. The van der Waals surface area contributed by atoms with Crippen LogP contribution in [0.4, 0.5) is 0 Å². The smallest absolute Gasteiger partial charge is 0.185 e. The lowest BCUT2D eigenvalue weighted by molar-refractivity contribution is -0.0681. The van der Waals surface area contributed by atoms with E-state index < -0.39 is 5.72 Å². The zero-order valence-electron chi connectivity index (χ0n) is 12.6. The maximum atomic E-state index is 6.08. The van der Waals surface area contributed by atoms with E-state index in [1.54, 1.807) is 0 Å². The molecule has 0 radical (unpaired) electrons. The van der Waals surface area contributed by atoms with Crippen LogP contribution >= 0.6 is 0 Å². The molecule has 1 unspecified atom stereocenters. The Balaban J connectivity index is 2.11. The Hall–Kier alpha value is -2.46. The lowest BCUT2D eigenvalue weighted by Crippen LogP contribution is -2.38. The van der Waals surface area contributed by atoms with Crippen LogP contribution in [0.2, 0.25) is 0 Å². The van der Waals surface area contributed by atoms with Gasteiger partial charge in [0.1, 0.15) is 5.52 Å². The number of benzene rings is 2. The van der Waals surface area contributed by atoms with Gasteiger partial charge in [-0.1, -0.05) is 54.3 Å². The van der Waals surface area contributed by atoms with Crippen LogP contribution in [-0.4, -0.2) is 21.6 Å². The molecule has 0 aliphatic heterocycles. The van der Waals surface area contributed by atoms with Crippen molar-refractivity contribution >= 4 is 11.0 Å². The fraction of sp³-hybridized carbons (Fsp3) is 0.222. The van der Waals surface area contributed by atoms with E-state index in [-0.39, 0.29) is 0 Å². The largest absolute Gasteiger partial charge is 0.350 e. The summed E-state index contributed by atoms with van der Waals surface area (Å²) in [5.41, 5.74) is 2.20. The van der Waals surface area contributed by atoms with Crippen molar-refractivity contribution in [1.82, 2.24) is 15.0 Å². The van der Waals surface area contributed by atoms with Crippen molar-refractivity contribution in [2.45, 2.75) is 19.1 Å². The van der Waals surface area contributed by atoms with Crippen LogP contribution in [0.3, 0.4) is 0 Å². The van der Waals surface area contributed by atoms with Crippen LogP contribution in [0.15, 0.2) is 67.3 Å². The van der Waals surface area contributed by atoms with E-state index in [0.29, 0.717) is 13.0 Å². The lowest BCUT2D eigenvalue weighted by atomic mass is 10.0. The predicted octanol–water partition coefficient (Wildman–Crippen LogP) is 3.55. The summed E-state index contributed by atoms with van der Waals surface area (Å²) < 4.78 is 7.90. The minimum atomic E-state index is -0.744. The number of para-hydroxylation sites is 1. The molecular formula is C18H19N3O. The summed E-state index contributed by atoms with van der Waals surface area (Å²) in [4.78, 5) is 0. The summed E-state index contributed by atoms with van der Waals surface area (Å²) in [5.74, 6) is 0. The van der Waals surface area contributed by atoms with Crippen molar-refractivity contribution in [3.63, 3.8) is 0 Å². The van der Waals surface area contributed by atoms with E-state index in [2.05, 4.69) is 29.0 Å². The third-order valence-corrected chi connectivity index (χ3v) is 3.72. The van der Waals surface area contributed by atoms with Gasteiger partial charge in [0.25, 0.3) is 0 Å². The zero-order valence-corrected chi connectivity index (χ0v) is 12.6. The van der Waals surface area contributed by atoms with Gasteiger partial charge in [-0.15, -0.1) is 5.10 Å². The number of nitrogens with zero attached hydrogens (tertiary/aromatic N) is 3. The average molecular weight is 293 g/mol. The summed E-state index contributed by atoms with van der Waals surface area (Å²) in [6.07, 6.45) is 2.46. The van der Waals surface area contributed by atoms with Crippen LogP contribution < -0.4 is 0 Å². The Bertz CT molecular complexity index is 766. The van der Waals surface area contributed by atoms with Crippen LogP contribution in [0, 0.1) is 0 Å². The molecule has 22 heavy (non-hydrogen) atoms. The molecule has 1 aromatic heterocycles. The topological polar surface area (TPSA) is 39.9 Å². The predicted molar refractivity (Wildman–Crippen MR) is 87.5 cm³/mol. The molecule has 4 nitrogen and oxygen atoms in total. The number of fused-ring (bicyclic) bond motifs is 1. The third kappa shape index (κ3) is 2.53. The second-order valence-electron chi connectivity index (χ2n) is 5.13. The molecule has 3 rings (SSSR count). The lowest BCUT2D eigenvalue weighted by Gasteiger charge is -2.31. The first-order chi connectivity index (χ1) is 10.8. The van der Waals surface area contributed by atoms with Crippen molar-refractivity contribution in [2.24, 2.45) is 0 Å². The van der Waals surface area contributed by atoms with Gasteiger partial charge < -0.3 is 4.74 Å². The minimum absolute atomic E-state index is 0.563. The van der Waals surface area contributed by atoms with Gasteiger partial charge >= 0.3 is 0 Å². The summed E-state index contributed by atoms with van der Waals surface area (Å²) in [5, 5.41) is 8.57. The first kappa shape index (κ1) is 14.5. The molecule has 2 aromatic carbocycles. The molecule has 112 valence electrons. The highest BCUT2D eigenvalue weighted by Gasteiger charge is 2.32. The minimum Gasteiger partial charge on any atom is -0.350 e. The Morgan fingerprint density at radius 2 is 1.86 bits per heavy atom. The average Bonchev–Trinajstić information content (AvgIpc) is 3.00. The Labute approximate surface area is 130 Å². The van der Waals surface area contributed by atoms with Crippen LogP contribution in [0.25, 0.3) is 11.0 Å². The molecule has 0 aliphatic carbocycles. The van der Waals surface area contributed by atoms with Crippen molar-refractivity contribution in [3.8, 4) is 0 Å². The van der Waals surface area contributed by atoms with Crippen molar-refractivity contribution in [1.29, 1.82) is 0 Å². The van der Waals surface area contributed by atoms with E-state index in [4.69, 9.17) is 4.74 Å². The molecule has 1 atom stereocenters. The van der Waals surface area contributed by atoms with E-state index in [9.17, 15) is 0 Å². The fourth-order valence-electron chi connectivity index (χ4n) is 2.69. The number of rotatable bonds is 6. The fourth-order valence-corrected chi connectivity index (χ4v) is 2.69. The SMILES string of the molecule is C=CC(Cc1ccccc1)(OCC)n1nnc2ccccc21. The molecule has 0 fully saturated rings. The first-order valence-corrected chi connectivity index (χ1v) is 7.41. The van der Waals surface area contributed by atoms with Crippen molar-refractivity contribution in [2.75, 3.05) is 6.61 Å². The van der Waals surface area contributed by atoms with E-state index in [0.717, 1.165) is 16.6 Å². The standard InChI is InChI=1S/C18H19N3O/c1-3-18(22-4-2,14-15-10-6-5-7-11-15)21-17-13-9-8-12-16(17)19-20-21/h3,5-13H,1,4,14H2,2H3. The van der Waals surface area contributed by atoms with Gasteiger partial charge in [-0.3, -0.25) is 0 Å². The maximum Gasteiger partial charge on any atom is 0.185 e. The Morgan fingerprint density at radius 3 is 2.59 bits per heavy atom. The highest BCUT2D eigenvalue weighted by Crippen LogP contribution is 2.28. The highest BCUT2D eigenvalue weighted by atomic mass is 16.5. The van der Waals surface area contributed by atoms with Crippen LogP contribution in [0.5, 0.6) is 0 Å². The molecule has 1 heterocycles. The van der Waals surface area contributed by atoms with Crippen molar-refractivity contribution < 1.29 is 4.74 Å². The number of hydrogen-bond donors (Lipinski definition) is 0. The summed E-state index contributed by atoms with van der Waals surface area (Å²) in [6.45, 7) is 6.53. The second kappa shape index (κ2) is 6.12. The van der Waals surface area contributed by atoms with Crippen LogP contribution in [-0.2, 0) is 16.9 Å². The molecule has 4 heteroatoms. The monoisotopic (exact) mass is 293 g/mol. The molecule has 0 aliphatic rings. The zero-order chi connectivity index (χ0) is 15.4. The molecule has 0 bridgehead atoms. The molecule has 0 amide bonds. The van der Waals surface area contributed by atoms with Gasteiger partial charge in [0.05, 0.1) is 5.52 Å². The van der Waals surface area contributed by atoms with Gasteiger partial charge in [-0.25, -0.2) is 4.68 Å². The number of aromatic nitrogens is 3. The van der Waals surface area contributed by atoms with E-state index in [1.165, 1.54) is 0 Å². The van der Waals surface area contributed by atoms with E-state index in [1.807, 2.05) is 60.1 Å². The summed E-state index contributed by atoms with van der Waals surface area (Å²) in [6, 6.07) is 18.1. The first-order valence-electron chi connectivity index (χ1n) is 7.41. The van der Waals surface area contributed by atoms with Gasteiger partial charge in [-0.2, -0.15) is 0 Å². The molecule has 0 N–H and O–H groups in total. The van der Waals surface area contributed by atoms with Crippen molar-refractivity contribution in [3.05, 3.63) is 72.8 Å². The van der Waals surface area contributed by atoms with Gasteiger partial charge in [-0.05, 0) is 30.7 Å². The normalized spacial score (nSPS) is 13.9. The molecular weight excluding hydrogens is 274 g/mol. The molecule has 0 spiro atoms. The van der Waals surface area contributed by atoms with Gasteiger partial charge in [0.2, 0.25) is 0 Å². The van der Waals surface area contributed by atoms with Gasteiger partial charge in [0, 0.05) is 13.0 Å². The summed E-state index contributed by atoms with van der Waals surface area (Å²) >= 11 is 0. The second-order valence-corrected chi connectivity index (χ2v) is 5.13. The highest BCUT2D eigenvalue weighted by molar-refractivity contribution is 5.74. The molecule has 3 aromatic rings. The Kier molecular flexibility index (Phi) is 4.02. The summed E-state index contributed by atoms with van der Waals surface area (Å²) in [7, 11) is 0. The maximum absolute atomic E-state index is 6.08. The molecule has 0 saturated heterocycles. The molecule has 0 saturated carbocycles. The number of hydrogen-bond acceptors (Lipinski definition) is 3. The van der Waals surface area contributed by atoms with E-state index >= 15 is 0 Å².